The molecular formula is C26H37N9. The molecule has 2 N–H and O–H groups in total. The van der Waals surface area contributed by atoms with Crippen molar-refractivity contribution in [2.75, 3.05) is 34.2 Å². The SMILES string of the molecule is CC(C)/C(C=N)=C1\N=C(N2CCC(N(C)C)CC2)N=C(NCc2ccccc2-n2cccn2)N1C. The average molecular weight is 476 g/mol. The number of likely N-dealkylation sites (tertiary alicyclic amines) is 1. The molecule has 0 unspecified atom stereocenters. The Hall–Kier alpha value is -3.46. The fourth-order valence-corrected chi connectivity index (χ4v) is 4.56. The minimum absolute atomic E-state index is 0.175. The van der Waals surface area contributed by atoms with E-state index in [1.54, 1.807) is 6.20 Å². The Kier molecular flexibility index (Phi) is 7.65. The van der Waals surface area contributed by atoms with Gasteiger partial charge in [0.05, 0.1) is 5.69 Å². The molecule has 0 saturated carbocycles. The number of aromatic nitrogens is 2. The normalized spacial score (nSPS) is 18.6. The third kappa shape index (κ3) is 5.45. The summed E-state index contributed by atoms with van der Waals surface area (Å²) in [5, 5.41) is 16.0. The molecule has 2 aromatic rings. The molecule has 9 nitrogen and oxygen atoms in total. The summed E-state index contributed by atoms with van der Waals surface area (Å²) in [6.07, 6.45) is 7.32. The van der Waals surface area contributed by atoms with E-state index in [9.17, 15) is 0 Å². The zero-order valence-electron chi connectivity index (χ0n) is 21.4. The van der Waals surface area contributed by atoms with Crippen LogP contribution in [0.25, 0.3) is 5.69 Å². The number of nitrogens with one attached hydrogen (secondary N) is 2. The third-order valence-electron chi connectivity index (χ3n) is 6.74. The maximum atomic E-state index is 8.04. The monoisotopic (exact) mass is 475 g/mol. The zero-order valence-corrected chi connectivity index (χ0v) is 21.4. The van der Waals surface area contributed by atoms with Crippen LogP contribution in [0.15, 0.2) is 64.1 Å². The Balaban J connectivity index is 1.62. The molecule has 0 amide bonds. The number of para-hydroxylation sites is 1. The summed E-state index contributed by atoms with van der Waals surface area (Å²) in [6, 6.07) is 10.7. The van der Waals surface area contributed by atoms with Gasteiger partial charge in [-0.05, 0) is 50.6 Å². The second-order valence-electron chi connectivity index (χ2n) is 9.60. The molecule has 186 valence electrons. The van der Waals surface area contributed by atoms with Crippen LogP contribution < -0.4 is 5.32 Å². The number of allylic oxidation sites excluding steroid dienone is 1. The Labute approximate surface area is 208 Å². The molecule has 1 saturated heterocycles. The van der Waals surface area contributed by atoms with Crippen molar-refractivity contribution in [2.45, 2.75) is 39.3 Å². The molecule has 4 rings (SSSR count). The van der Waals surface area contributed by atoms with Gasteiger partial charge < -0.3 is 20.5 Å². The Bertz CT molecular complexity index is 1100. The van der Waals surface area contributed by atoms with Gasteiger partial charge in [0.1, 0.15) is 5.82 Å². The summed E-state index contributed by atoms with van der Waals surface area (Å²) < 4.78 is 1.88. The van der Waals surface area contributed by atoms with Gasteiger partial charge in [-0.3, -0.25) is 4.90 Å². The van der Waals surface area contributed by atoms with Crippen molar-refractivity contribution >= 4 is 18.1 Å². The van der Waals surface area contributed by atoms with Gasteiger partial charge in [-0.2, -0.15) is 15.1 Å². The van der Waals surface area contributed by atoms with E-state index in [2.05, 4.69) is 60.3 Å². The maximum absolute atomic E-state index is 8.04. The van der Waals surface area contributed by atoms with Gasteiger partial charge in [0, 0.05) is 56.9 Å². The van der Waals surface area contributed by atoms with E-state index in [4.69, 9.17) is 15.4 Å². The summed E-state index contributed by atoms with van der Waals surface area (Å²) in [5.74, 6) is 2.40. The minimum Gasteiger partial charge on any atom is -0.351 e. The van der Waals surface area contributed by atoms with Gasteiger partial charge in [-0.25, -0.2) is 4.68 Å². The van der Waals surface area contributed by atoms with Crippen molar-refractivity contribution in [3.63, 3.8) is 0 Å². The van der Waals surface area contributed by atoms with E-state index in [-0.39, 0.29) is 5.92 Å². The first-order chi connectivity index (χ1) is 16.9. The zero-order chi connectivity index (χ0) is 24.9. The van der Waals surface area contributed by atoms with Crippen molar-refractivity contribution in [1.82, 2.24) is 29.8 Å². The summed E-state index contributed by atoms with van der Waals surface area (Å²) in [6.45, 7) is 6.61. The largest absolute Gasteiger partial charge is 0.351 e. The van der Waals surface area contributed by atoms with Crippen LogP contribution in [0.1, 0.15) is 32.3 Å². The molecule has 1 aromatic heterocycles. The lowest BCUT2D eigenvalue weighted by Gasteiger charge is -2.37. The van der Waals surface area contributed by atoms with E-state index in [1.165, 1.54) is 6.21 Å². The van der Waals surface area contributed by atoms with E-state index in [1.807, 2.05) is 41.0 Å². The van der Waals surface area contributed by atoms with Crippen LogP contribution >= 0.6 is 0 Å². The number of guanidine groups is 2. The first-order valence-corrected chi connectivity index (χ1v) is 12.3. The van der Waals surface area contributed by atoms with Gasteiger partial charge >= 0.3 is 0 Å². The van der Waals surface area contributed by atoms with Crippen LogP contribution in [0.3, 0.4) is 0 Å². The predicted octanol–water partition coefficient (Wildman–Crippen LogP) is 3.16. The van der Waals surface area contributed by atoms with Gasteiger partial charge in [0.15, 0.2) is 0 Å². The van der Waals surface area contributed by atoms with E-state index < -0.39 is 0 Å². The van der Waals surface area contributed by atoms with Gasteiger partial charge in [0.2, 0.25) is 11.9 Å². The number of rotatable bonds is 6. The van der Waals surface area contributed by atoms with E-state index >= 15 is 0 Å². The number of benzene rings is 1. The second kappa shape index (κ2) is 10.9. The van der Waals surface area contributed by atoms with Crippen molar-refractivity contribution in [3.05, 3.63) is 59.7 Å². The Morgan fingerprint density at radius 1 is 1.17 bits per heavy atom. The van der Waals surface area contributed by atoms with Crippen LogP contribution in [-0.4, -0.2) is 82.9 Å². The second-order valence-corrected chi connectivity index (χ2v) is 9.60. The highest BCUT2D eigenvalue weighted by molar-refractivity contribution is 5.99. The average Bonchev–Trinajstić information content (AvgIpc) is 3.39. The van der Waals surface area contributed by atoms with Crippen molar-refractivity contribution in [2.24, 2.45) is 15.9 Å². The smallest absolute Gasteiger partial charge is 0.230 e. The highest BCUT2D eigenvalue weighted by Gasteiger charge is 2.28. The van der Waals surface area contributed by atoms with Crippen LogP contribution in [0.4, 0.5) is 0 Å². The first kappa shape index (κ1) is 24.7. The molecule has 0 atom stereocenters. The maximum Gasteiger partial charge on any atom is 0.230 e. The van der Waals surface area contributed by atoms with E-state index in [0.29, 0.717) is 12.6 Å². The molecule has 2 aliphatic heterocycles. The number of hydrogen-bond acceptors (Lipinski definition) is 8. The Morgan fingerprint density at radius 3 is 2.54 bits per heavy atom. The summed E-state index contributed by atoms with van der Waals surface area (Å²) in [4.78, 5) is 16.4. The highest BCUT2D eigenvalue weighted by Crippen LogP contribution is 2.23. The van der Waals surface area contributed by atoms with Gasteiger partial charge in [-0.1, -0.05) is 32.0 Å². The molecule has 9 heteroatoms. The van der Waals surface area contributed by atoms with Crippen LogP contribution in [0, 0.1) is 11.3 Å². The molecule has 3 heterocycles. The van der Waals surface area contributed by atoms with Crippen molar-refractivity contribution in [1.29, 1.82) is 5.41 Å². The molecule has 2 aliphatic rings. The topological polar surface area (TPSA) is 88.1 Å². The molecule has 1 aromatic carbocycles. The van der Waals surface area contributed by atoms with Crippen LogP contribution in [0.5, 0.6) is 0 Å². The molecule has 0 aliphatic carbocycles. The molecule has 0 spiro atoms. The number of nitrogens with zero attached hydrogens (tertiary/aromatic N) is 7. The molecular weight excluding hydrogens is 438 g/mol. The highest BCUT2D eigenvalue weighted by atomic mass is 15.4. The number of piperidine rings is 1. The standard InChI is InChI=1S/C26H37N9/c1-19(2)22(17-27)24-30-26(34-15-11-21(12-16-34)32(3)4)31-25(33(24)5)28-18-20-9-6-7-10-23(20)35-14-8-13-29-35/h6-10,13-14,17,19,21,27H,11-12,15-16,18H2,1-5H3,(H,28,30,31)/b24-22+,27-17?. The summed E-state index contributed by atoms with van der Waals surface area (Å²) in [5.41, 5.74) is 3.03. The van der Waals surface area contributed by atoms with Crippen LogP contribution in [0.2, 0.25) is 0 Å². The summed E-state index contributed by atoms with van der Waals surface area (Å²) in [7, 11) is 6.26. The predicted molar refractivity (Wildman–Crippen MR) is 142 cm³/mol. The lowest BCUT2D eigenvalue weighted by Crippen LogP contribution is -2.48. The summed E-state index contributed by atoms with van der Waals surface area (Å²) >= 11 is 0. The minimum atomic E-state index is 0.175. The van der Waals surface area contributed by atoms with E-state index in [0.717, 1.165) is 60.5 Å². The van der Waals surface area contributed by atoms with Gasteiger partial charge in [0.25, 0.3) is 0 Å². The number of aliphatic imine (C=N–C) groups is 2. The quantitative estimate of drug-likeness (QED) is 0.627. The fourth-order valence-electron chi connectivity index (χ4n) is 4.56. The molecule has 1 fully saturated rings. The van der Waals surface area contributed by atoms with Crippen molar-refractivity contribution in [3.8, 4) is 5.69 Å². The fraction of sp³-hybridized carbons (Fsp3) is 0.462. The lowest BCUT2D eigenvalue weighted by atomic mass is 10.0. The van der Waals surface area contributed by atoms with Crippen molar-refractivity contribution < 1.29 is 0 Å². The lowest BCUT2D eigenvalue weighted by molar-refractivity contribution is 0.190. The number of hydrogen-bond donors (Lipinski definition) is 2. The first-order valence-electron chi connectivity index (χ1n) is 12.3. The Morgan fingerprint density at radius 2 is 1.91 bits per heavy atom. The van der Waals surface area contributed by atoms with Crippen LogP contribution in [-0.2, 0) is 6.54 Å². The van der Waals surface area contributed by atoms with Gasteiger partial charge in [-0.15, -0.1) is 0 Å². The molecule has 0 radical (unpaired) electrons. The molecule has 35 heavy (non-hydrogen) atoms. The third-order valence-corrected chi connectivity index (χ3v) is 6.74. The molecule has 0 bridgehead atoms.